The lowest BCUT2D eigenvalue weighted by molar-refractivity contribution is -0.127. The summed E-state index contributed by atoms with van der Waals surface area (Å²) in [4.78, 5) is 38.9. The van der Waals surface area contributed by atoms with E-state index in [1.165, 1.54) is 16.5 Å². The van der Waals surface area contributed by atoms with E-state index in [1.54, 1.807) is 11.9 Å². The highest BCUT2D eigenvalue weighted by Crippen LogP contribution is 2.30. The predicted octanol–water partition coefficient (Wildman–Crippen LogP) is 3.01. The number of fused-ring (bicyclic) bond motifs is 2. The molecule has 1 N–H and O–H groups in total. The first-order valence-corrected chi connectivity index (χ1v) is 12.9. The highest BCUT2D eigenvalue weighted by Gasteiger charge is 2.49. The molecule has 3 aliphatic rings. The van der Waals surface area contributed by atoms with Gasteiger partial charge in [-0.3, -0.25) is 15.0 Å². The van der Waals surface area contributed by atoms with Crippen LogP contribution in [-0.4, -0.2) is 82.9 Å². The number of hydrogen-bond acceptors (Lipinski definition) is 6. The Morgan fingerprint density at radius 3 is 2.38 bits per heavy atom. The maximum absolute atomic E-state index is 13.1. The molecule has 3 aliphatic heterocycles. The fraction of sp³-hybridized carbons (Fsp3) is 0.345. The molecule has 0 aromatic heterocycles. The number of rotatable bonds is 4. The summed E-state index contributed by atoms with van der Waals surface area (Å²) in [5, 5.41) is 4.85. The van der Waals surface area contributed by atoms with Crippen molar-refractivity contribution in [2.24, 2.45) is 4.99 Å². The predicted molar refractivity (Wildman–Crippen MR) is 144 cm³/mol. The van der Waals surface area contributed by atoms with E-state index in [2.05, 4.69) is 81.5 Å². The van der Waals surface area contributed by atoms with E-state index in [1.807, 2.05) is 12.1 Å². The third-order valence-corrected chi connectivity index (χ3v) is 7.87. The van der Waals surface area contributed by atoms with Crippen LogP contribution in [0.2, 0.25) is 0 Å². The molecule has 3 amide bonds. The minimum absolute atomic E-state index is 0.287. The second kappa shape index (κ2) is 9.52. The molecule has 8 heteroatoms. The number of imide groups is 1. The first-order valence-electron chi connectivity index (χ1n) is 12.9. The summed E-state index contributed by atoms with van der Waals surface area (Å²) in [5.41, 5.74) is 3.81. The third-order valence-electron chi connectivity index (χ3n) is 7.87. The van der Waals surface area contributed by atoms with Gasteiger partial charge in [-0.15, -0.1) is 0 Å². The van der Waals surface area contributed by atoms with Gasteiger partial charge in [-0.05, 0) is 34.4 Å². The van der Waals surface area contributed by atoms with Gasteiger partial charge in [-0.2, -0.15) is 0 Å². The molecule has 2 fully saturated rings. The van der Waals surface area contributed by atoms with Gasteiger partial charge in [0.1, 0.15) is 0 Å². The Labute approximate surface area is 217 Å². The molecule has 2 atom stereocenters. The fourth-order valence-electron chi connectivity index (χ4n) is 5.69. The average molecular weight is 497 g/mol. The first-order chi connectivity index (χ1) is 18.0. The number of carbonyl (C=O) groups excluding carboxylic acids is 2. The van der Waals surface area contributed by atoms with E-state index in [0.717, 1.165) is 49.6 Å². The van der Waals surface area contributed by atoms with Crippen LogP contribution in [-0.2, 0) is 17.9 Å². The number of benzene rings is 3. The molecule has 3 heterocycles. The van der Waals surface area contributed by atoms with Gasteiger partial charge in [-0.1, -0.05) is 66.7 Å². The molecular weight excluding hydrogens is 464 g/mol. The molecular formula is C29H32N6O2. The summed E-state index contributed by atoms with van der Waals surface area (Å²) in [5.74, 6) is 0.514. The minimum atomic E-state index is -0.554. The summed E-state index contributed by atoms with van der Waals surface area (Å²) in [6.07, 6.45) is -0.531. The average Bonchev–Trinajstić information content (AvgIpc) is 3.29. The summed E-state index contributed by atoms with van der Waals surface area (Å²) in [7, 11) is 1.71. The second-order valence-corrected chi connectivity index (χ2v) is 10.1. The molecule has 0 spiro atoms. The van der Waals surface area contributed by atoms with Crippen molar-refractivity contribution in [1.29, 1.82) is 0 Å². The van der Waals surface area contributed by atoms with E-state index < -0.39 is 18.2 Å². The van der Waals surface area contributed by atoms with Gasteiger partial charge in [0.05, 0.1) is 0 Å². The van der Waals surface area contributed by atoms with Crippen LogP contribution >= 0.6 is 0 Å². The SMILES string of the molecule is Cc1ccccc1CN1CCN(C2=NC3C(C(=O)NC(=O)N3C)N2Cc2cccc3ccccc23)CC1. The zero-order valence-corrected chi connectivity index (χ0v) is 21.3. The molecule has 2 unspecified atom stereocenters. The lowest BCUT2D eigenvalue weighted by Gasteiger charge is -2.40. The van der Waals surface area contributed by atoms with E-state index in [-0.39, 0.29) is 5.91 Å². The molecule has 0 bridgehead atoms. The van der Waals surface area contributed by atoms with Gasteiger partial charge in [0.25, 0.3) is 5.91 Å². The van der Waals surface area contributed by atoms with E-state index in [9.17, 15) is 9.59 Å². The summed E-state index contributed by atoms with van der Waals surface area (Å²) in [6, 6.07) is 22.2. The number of nitrogens with one attached hydrogen (secondary N) is 1. The number of aryl methyl sites for hydroxylation is 1. The van der Waals surface area contributed by atoms with Crippen LogP contribution in [0.25, 0.3) is 10.8 Å². The van der Waals surface area contributed by atoms with Crippen molar-refractivity contribution in [2.45, 2.75) is 32.2 Å². The highest BCUT2D eigenvalue weighted by atomic mass is 16.2. The van der Waals surface area contributed by atoms with Crippen LogP contribution in [0.3, 0.4) is 0 Å². The number of guanidine groups is 1. The van der Waals surface area contributed by atoms with Gasteiger partial charge in [0.2, 0.25) is 0 Å². The largest absolute Gasteiger partial charge is 0.340 e. The lowest BCUT2D eigenvalue weighted by atomic mass is 10.0. The van der Waals surface area contributed by atoms with Crippen LogP contribution in [0.1, 0.15) is 16.7 Å². The third kappa shape index (κ3) is 4.31. The minimum Gasteiger partial charge on any atom is -0.340 e. The molecule has 37 heavy (non-hydrogen) atoms. The molecule has 0 aliphatic carbocycles. The lowest BCUT2D eigenvalue weighted by Crippen LogP contribution is -2.64. The Hall–Kier alpha value is -3.91. The van der Waals surface area contributed by atoms with Crippen molar-refractivity contribution >= 4 is 28.7 Å². The van der Waals surface area contributed by atoms with Crippen molar-refractivity contribution in [3.05, 3.63) is 83.4 Å². The number of urea groups is 1. The molecule has 190 valence electrons. The molecule has 3 aromatic rings. The van der Waals surface area contributed by atoms with E-state index in [4.69, 9.17) is 4.99 Å². The van der Waals surface area contributed by atoms with Crippen LogP contribution in [0.5, 0.6) is 0 Å². The number of aliphatic imine (C=N–C) groups is 1. The molecule has 2 saturated heterocycles. The summed E-state index contributed by atoms with van der Waals surface area (Å²) >= 11 is 0. The van der Waals surface area contributed by atoms with Crippen molar-refractivity contribution in [1.82, 2.24) is 24.9 Å². The molecule has 3 aromatic carbocycles. The number of hydrogen-bond donors (Lipinski definition) is 1. The number of piperazine rings is 1. The van der Waals surface area contributed by atoms with Crippen LogP contribution in [0.4, 0.5) is 4.79 Å². The Balaban J connectivity index is 1.26. The Morgan fingerprint density at radius 1 is 0.865 bits per heavy atom. The number of nitrogens with zero attached hydrogens (tertiary/aromatic N) is 5. The normalized spacial score (nSPS) is 22.3. The van der Waals surface area contributed by atoms with E-state index in [0.29, 0.717) is 6.54 Å². The number of likely N-dealkylation sites (N-methyl/N-ethyl adjacent to an activating group) is 1. The van der Waals surface area contributed by atoms with Gasteiger partial charge >= 0.3 is 6.03 Å². The molecule has 0 saturated carbocycles. The van der Waals surface area contributed by atoms with Crippen molar-refractivity contribution in [3.63, 3.8) is 0 Å². The number of carbonyl (C=O) groups is 2. The zero-order valence-electron chi connectivity index (χ0n) is 21.3. The van der Waals surface area contributed by atoms with Gasteiger partial charge in [0, 0.05) is 46.3 Å². The standard InChI is InChI=1S/C29H32N6O2/c1-20-8-3-4-10-22(20)18-33-14-16-34(17-15-33)28-30-26-25(27(36)31-29(37)32(26)2)35(28)19-23-12-7-11-21-9-5-6-13-24(21)23/h3-13,25-26H,14-19H2,1-2H3,(H,31,36,37). The Morgan fingerprint density at radius 2 is 1.57 bits per heavy atom. The molecule has 6 rings (SSSR count). The van der Waals surface area contributed by atoms with Crippen molar-refractivity contribution in [3.8, 4) is 0 Å². The van der Waals surface area contributed by atoms with Crippen molar-refractivity contribution < 1.29 is 9.59 Å². The quantitative estimate of drug-likeness (QED) is 0.601. The molecule has 8 nitrogen and oxygen atoms in total. The Kier molecular flexibility index (Phi) is 6.04. The highest BCUT2D eigenvalue weighted by molar-refractivity contribution is 6.03. The van der Waals surface area contributed by atoms with Gasteiger partial charge < -0.3 is 14.7 Å². The Bertz CT molecular complexity index is 1370. The summed E-state index contributed by atoms with van der Waals surface area (Å²) in [6.45, 7) is 7.08. The number of amides is 3. The second-order valence-electron chi connectivity index (χ2n) is 10.1. The summed E-state index contributed by atoms with van der Waals surface area (Å²) < 4.78 is 0. The topological polar surface area (TPSA) is 71.5 Å². The fourth-order valence-corrected chi connectivity index (χ4v) is 5.69. The van der Waals surface area contributed by atoms with Crippen molar-refractivity contribution in [2.75, 3.05) is 33.2 Å². The monoisotopic (exact) mass is 496 g/mol. The van der Waals surface area contributed by atoms with Crippen LogP contribution in [0.15, 0.2) is 71.7 Å². The van der Waals surface area contributed by atoms with Crippen LogP contribution in [0, 0.1) is 6.92 Å². The smallest absolute Gasteiger partial charge is 0.325 e. The van der Waals surface area contributed by atoms with Gasteiger partial charge in [-0.25, -0.2) is 9.79 Å². The van der Waals surface area contributed by atoms with E-state index >= 15 is 0 Å². The van der Waals surface area contributed by atoms with Crippen LogP contribution < -0.4 is 5.32 Å². The maximum atomic E-state index is 13.1. The maximum Gasteiger partial charge on any atom is 0.325 e. The molecule has 0 radical (unpaired) electrons. The zero-order chi connectivity index (χ0) is 25.5. The first kappa shape index (κ1) is 23.5. The van der Waals surface area contributed by atoms with Gasteiger partial charge in [0.15, 0.2) is 18.2 Å².